The molecule has 0 radical (unpaired) electrons. The highest BCUT2D eigenvalue weighted by atomic mass is 16.2. The highest BCUT2D eigenvalue weighted by molar-refractivity contribution is 5.95. The Morgan fingerprint density at radius 2 is 2.28 bits per heavy atom. The molecule has 1 aliphatic heterocycles. The highest BCUT2D eigenvalue weighted by Crippen LogP contribution is 2.09. The van der Waals surface area contributed by atoms with Crippen LogP contribution in [0.15, 0.2) is 6.33 Å². The van der Waals surface area contributed by atoms with Crippen LogP contribution in [0.3, 0.4) is 0 Å². The molecule has 0 saturated carbocycles. The molecule has 0 aromatic carbocycles. The minimum atomic E-state index is -0.494. The number of carbonyl (C=O) groups is 2. The first-order chi connectivity index (χ1) is 8.61. The van der Waals surface area contributed by atoms with Crippen molar-refractivity contribution in [2.75, 3.05) is 33.7 Å². The van der Waals surface area contributed by atoms with Crippen LogP contribution >= 0.6 is 0 Å². The van der Waals surface area contributed by atoms with Crippen molar-refractivity contribution in [2.45, 2.75) is 6.04 Å². The normalized spacial score (nSPS) is 19.7. The minimum absolute atomic E-state index is 0.102. The fourth-order valence-corrected chi connectivity index (χ4v) is 1.91. The summed E-state index contributed by atoms with van der Waals surface area (Å²) in [7, 11) is 3.35. The van der Waals surface area contributed by atoms with Crippen LogP contribution in [-0.4, -0.2) is 76.6 Å². The van der Waals surface area contributed by atoms with Gasteiger partial charge in [-0.15, -0.1) is 0 Å². The summed E-state index contributed by atoms with van der Waals surface area (Å²) in [5.74, 6) is -0.238. The van der Waals surface area contributed by atoms with Gasteiger partial charge in [-0.3, -0.25) is 14.7 Å². The number of rotatable bonds is 2. The first kappa shape index (κ1) is 12.5. The number of carbonyl (C=O) groups excluding carboxylic acids is 2. The van der Waals surface area contributed by atoms with Crippen LogP contribution in [-0.2, 0) is 4.79 Å². The lowest BCUT2D eigenvalue weighted by molar-refractivity contribution is -0.134. The molecule has 0 aliphatic carbocycles. The lowest BCUT2D eigenvalue weighted by atomic mass is 10.1. The predicted molar refractivity (Wildman–Crippen MR) is 62.8 cm³/mol. The van der Waals surface area contributed by atoms with Crippen molar-refractivity contribution in [3.8, 4) is 0 Å². The van der Waals surface area contributed by atoms with Gasteiger partial charge < -0.3 is 15.1 Å². The zero-order chi connectivity index (χ0) is 13.1. The molecule has 0 spiro atoms. The van der Waals surface area contributed by atoms with Crippen molar-refractivity contribution >= 4 is 11.8 Å². The van der Waals surface area contributed by atoms with Gasteiger partial charge in [0.2, 0.25) is 11.7 Å². The van der Waals surface area contributed by atoms with E-state index in [9.17, 15) is 9.59 Å². The lowest BCUT2D eigenvalue weighted by Gasteiger charge is -2.35. The second-order valence-electron chi connectivity index (χ2n) is 4.29. The number of nitrogens with zero attached hydrogens (tertiary/aromatic N) is 4. The molecule has 98 valence electrons. The van der Waals surface area contributed by atoms with Crippen molar-refractivity contribution in [2.24, 2.45) is 0 Å². The summed E-state index contributed by atoms with van der Waals surface area (Å²) >= 11 is 0. The zero-order valence-electron chi connectivity index (χ0n) is 10.4. The molecular formula is C10H16N6O2. The number of amides is 2. The van der Waals surface area contributed by atoms with Crippen LogP contribution in [0.1, 0.15) is 10.6 Å². The molecule has 1 atom stereocenters. The second kappa shape index (κ2) is 5.13. The first-order valence-corrected chi connectivity index (χ1v) is 5.69. The van der Waals surface area contributed by atoms with Gasteiger partial charge in [-0.1, -0.05) is 0 Å². The molecule has 1 aliphatic rings. The molecule has 8 nitrogen and oxygen atoms in total. The molecule has 1 fully saturated rings. The fourth-order valence-electron chi connectivity index (χ4n) is 1.91. The molecule has 18 heavy (non-hydrogen) atoms. The maximum absolute atomic E-state index is 12.2. The Kier molecular flexibility index (Phi) is 3.56. The van der Waals surface area contributed by atoms with Gasteiger partial charge in [-0.25, -0.2) is 4.98 Å². The van der Waals surface area contributed by atoms with E-state index >= 15 is 0 Å². The highest BCUT2D eigenvalue weighted by Gasteiger charge is 2.34. The quantitative estimate of drug-likeness (QED) is 0.655. The third kappa shape index (κ3) is 2.33. The predicted octanol–water partition coefficient (Wildman–Crippen LogP) is -1.69. The van der Waals surface area contributed by atoms with E-state index in [-0.39, 0.29) is 17.6 Å². The molecule has 1 saturated heterocycles. The van der Waals surface area contributed by atoms with Gasteiger partial charge >= 0.3 is 0 Å². The van der Waals surface area contributed by atoms with Gasteiger partial charge in [0.05, 0.1) is 0 Å². The Bertz CT molecular complexity index is 430. The average molecular weight is 252 g/mol. The van der Waals surface area contributed by atoms with Gasteiger partial charge in [-0.05, 0) is 0 Å². The summed E-state index contributed by atoms with van der Waals surface area (Å²) < 4.78 is 0. The smallest absolute Gasteiger partial charge is 0.291 e. The Hall–Kier alpha value is -1.96. The van der Waals surface area contributed by atoms with E-state index in [2.05, 4.69) is 20.5 Å². The fraction of sp³-hybridized carbons (Fsp3) is 0.600. The van der Waals surface area contributed by atoms with Crippen molar-refractivity contribution in [1.29, 1.82) is 0 Å². The van der Waals surface area contributed by atoms with E-state index < -0.39 is 6.04 Å². The standard InChI is InChI=1S/C10H16N6O2/c1-15(2)9(17)7-5-11-3-4-16(7)10(18)8-12-6-13-14-8/h6-7,11H,3-5H2,1-2H3,(H,12,13,14). The van der Waals surface area contributed by atoms with Gasteiger partial charge in [0.25, 0.3) is 5.91 Å². The van der Waals surface area contributed by atoms with Crippen molar-refractivity contribution in [3.05, 3.63) is 12.2 Å². The number of likely N-dealkylation sites (N-methyl/N-ethyl adjacent to an activating group) is 1. The topological polar surface area (TPSA) is 94.2 Å². The van der Waals surface area contributed by atoms with Crippen LogP contribution in [0.5, 0.6) is 0 Å². The van der Waals surface area contributed by atoms with E-state index in [0.29, 0.717) is 19.6 Å². The molecule has 1 aromatic heterocycles. The third-order valence-corrected chi connectivity index (χ3v) is 2.85. The number of hydrogen-bond acceptors (Lipinski definition) is 5. The maximum Gasteiger partial charge on any atom is 0.291 e. The van der Waals surface area contributed by atoms with Crippen LogP contribution in [0.4, 0.5) is 0 Å². The first-order valence-electron chi connectivity index (χ1n) is 5.69. The number of nitrogens with one attached hydrogen (secondary N) is 2. The zero-order valence-corrected chi connectivity index (χ0v) is 10.4. The number of aromatic amines is 1. The van der Waals surface area contributed by atoms with Crippen LogP contribution < -0.4 is 5.32 Å². The van der Waals surface area contributed by atoms with E-state index in [1.54, 1.807) is 14.1 Å². The van der Waals surface area contributed by atoms with Crippen LogP contribution in [0, 0.1) is 0 Å². The Balaban J connectivity index is 2.18. The third-order valence-electron chi connectivity index (χ3n) is 2.85. The van der Waals surface area contributed by atoms with Gasteiger partial charge in [0, 0.05) is 33.7 Å². The van der Waals surface area contributed by atoms with Crippen molar-refractivity contribution in [1.82, 2.24) is 30.3 Å². The molecule has 1 aromatic rings. The molecule has 8 heteroatoms. The Morgan fingerprint density at radius 3 is 2.89 bits per heavy atom. The maximum atomic E-state index is 12.2. The lowest BCUT2D eigenvalue weighted by Crippen LogP contribution is -2.59. The number of H-pyrrole nitrogens is 1. The second-order valence-corrected chi connectivity index (χ2v) is 4.29. The molecule has 2 N–H and O–H groups in total. The summed E-state index contributed by atoms with van der Waals surface area (Å²) in [6.07, 6.45) is 1.28. The van der Waals surface area contributed by atoms with Crippen LogP contribution in [0.25, 0.3) is 0 Å². The molecular weight excluding hydrogens is 236 g/mol. The van der Waals surface area contributed by atoms with Crippen molar-refractivity contribution in [3.63, 3.8) is 0 Å². The molecule has 1 unspecified atom stereocenters. The monoisotopic (exact) mass is 252 g/mol. The van der Waals surface area contributed by atoms with Crippen LogP contribution in [0.2, 0.25) is 0 Å². The summed E-state index contributed by atoms with van der Waals surface area (Å²) in [5.41, 5.74) is 0. The molecule has 0 bridgehead atoms. The molecule has 2 heterocycles. The van der Waals surface area contributed by atoms with Gasteiger partial charge in [0.1, 0.15) is 12.4 Å². The SMILES string of the molecule is CN(C)C(=O)C1CNCCN1C(=O)c1ncn[nH]1. The van der Waals surface area contributed by atoms with Gasteiger partial charge in [-0.2, -0.15) is 5.10 Å². The van der Waals surface area contributed by atoms with E-state index in [4.69, 9.17) is 0 Å². The average Bonchev–Trinajstić information content (AvgIpc) is 2.90. The summed E-state index contributed by atoms with van der Waals surface area (Å²) in [4.78, 5) is 31.1. The minimum Gasteiger partial charge on any atom is -0.347 e. The Labute approximate surface area is 104 Å². The summed E-state index contributed by atoms with van der Waals surface area (Å²) in [6, 6.07) is -0.494. The number of hydrogen-bond donors (Lipinski definition) is 2. The number of piperazine rings is 1. The number of aromatic nitrogens is 3. The Morgan fingerprint density at radius 1 is 1.50 bits per heavy atom. The van der Waals surface area contributed by atoms with Gasteiger partial charge in [0.15, 0.2) is 0 Å². The molecule has 2 rings (SSSR count). The van der Waals surface area contributed by atoms with Crippen molar-refractivity contribution < 1.29 is 9.59 Å². The van der Waals surface area contributed by atoms with E-state index in [1.165, 1.54) is 16.1 Å². The summed E-state index contributed by atoms with van der Waals surface area (Å²) in [5, 5.41) is 9.29. The molecule has 2 amide bonds. The summed E-state index contributed by atoms with van der Waals surface area (Å²) in [6.45, 7) is 1.59. The van der Waals surface area contributed by atoms with E-state index in [1.807, 2.05) is 0 Å². The van der Waals surface area contributed by atoms with E-state index in [0.717, 1.165) is 0 Å². The largest absolute Gasteiger partial charge is 0.347 e.